The maximum atomic E-state index is 15.8. The first-order chi connectivity index (χ1) is 14.0. The van der Waals surface area contributed by atoms with E-state index >= 15 is 4.39 Å². The van der Waals surface area contributed by atoms with Gasteiger partial charge in [0.05, 0.1) is 25.9 Å². The van der Waals surface area contributed by atoms with Crippen molar-refractivity contribution in [2.45, 2.75) is 78.3 Å². The van der Waals surface area contributed by atoms with E-state index in [1.165, 1.54) is 38.0 Å². The molecule has 0 atom stereocenters. The lowest BCUT2D eigenvalue weighted by Gasteiger charge is -2.12. The lowest BCUT2D eigenvalue weighted by atomic mass is 10.1. The molecule has 3 aromatic heterocycles. The number of hydrogen-bond acceptors (Lipinski definition) is 3. The highest BCUT2D eigenvalue weighted by molar-refractivity contribution is 7.33. The quantitative estimate of drug-likeness (QED) is 0.206. The average molecular weight is 495 g/mol. The van der Waals surface area contributed by atoms with Crippen molar-refractivity contribution in [3.63, 3.8) is 0 Å². The van der Waals surface area contributed by atoms with Crippen LogP contribution in [0, 0.1) is 5.82 Å². The van der Waals surface area contributed by atoms with Crippen molar-refractivity contribution < 1.29 is 4.39 Å². The molecule has 0 aliphatic carbocycles. The van der Waals surface area contributed by atoms with Crippen LogP contribution in [0.3, 0.4) is 0 Å². The van der Waals surface area contributed by atoms with Crippen LogP contribution in [0.25, 0.3) is 19.5 Å². The molecule has 0 saturated heterocycles. The van der Waals surface area contributed by atoms with E-state index in [1.54, 1.807) is 11.3 Å². The van der Waals surface area contributed by atoms with Crippen LogP contribution in [0.5, 0.6) is 0 Å². The van der Waals surface area contributed by atoms with E-state index in [1.807, 2.05) is 22.7 Å². The summed E-state index contributed by atoms with van der Waals surface area (Å²) in [6, 6.07) is 8.92. The fraction of sp³-hybridized carbons (Fsp3) is 0.500. The Morgan fingerprint density at radius 1 is 0.700 bits per heavy atom. The smallest absolute Gasteiger partial charge is 0.146 e. The second-order valence-corrected chi connectivity index (χ2v) is 24.2. The van der Waals surface area contributed by atoms with Gasteiger partial charge in [0, 0.05) is 15.3 Å². The molecule has 0 radical (unpaired) electrons. The molecule has 0 saturated carbocycles. The summed E-state index contributed by atoms with van der Waals surface area (Å²) >= 11 is 5.38. The van der Waals surface area contributed by atoms with Gasteiger partial charge in [0.15, 0.2) is 0 Å². The van der Waals surface area contributed by atoms with Crippen molar-refractivity contribution in [3.8, 4) is 19.5 Å². The summed E-state index contributed by atoms with van der Waals surface area (Å²) in [5.74, 6) is 0.0402. The molecule has 0 spiro atoms. The summed E-state index contributed by atoms with van der Waals surface area (Å²) < 4.78 is 18.7. The number of unbranched alkanes of at least 4 members (excludes halogenated alkanes) is 3. The molecule has 0 aliphatic rings. The summed E-state index contributed by atoms with van der Waals surface area (Å²) in [6.45, 7) is 16.5. The predicted octanol–water partition coefficient (Wildman–Crippen LogP) is 8.56. The molecule has 0 bridgehead atoms. The number of rotatable bonds is 9. The second-order valence-electron chi connectivity index (χ2n) is 10.2. The zero-order valence-electron chi connectivity index (χ0n) is 19.4. The molecule has 0 nitrogen and oxygen atoms in total. The van der Waals surface area contributed by atoms with Crippen LogP contribution in [-0.4, -0.2) is 16.1 Å². The molecule has 6 heteroatoms. The van der Waals surface area contributed by atoms with Crippen LogP contribution < -0.4 is 9.00 Å². The maximum absolute atomic E-state index is 15.8. The largest absolute Gasteiger partial charge is 0.205 e. The van der Waals surface area contributed by atoms with Gasteiger partial charge in [-0.1, -0.05) is 77.6 Å². The van der Waals surface area contributed by atoms with Crippen LogP contribution in [0.4, 0.5) is 4.39 Å². The second kappa shape index (κ2) is 9.53. The van der Waals surface area contributed by atoms with E-state index in [2.05, 4.69) is 70.5 Å². The van der Waals surface area contributed by atoms with Gasteiger partial charge in [-0.15, -0.1) is 34.0 Å². The molecule has 0 fully saturated rings. The van der Waals surface area contributed by atoms with Gasteiger partial charge < -0.3 is 0 Å². The topological polar surface area (TPSA) is 0 Å². The zero-order chi connectivity index (χ0) is 22.1. The molecule has 3 heterocycles. The predicted molar refractivity (Wildman–Crippen MR) is 145 cm³/mol. The van der Waals surface area contributed by atoms with Crippen molar-refractivity contribution in [1.82, 2.24) is 0 Å². The van der Waals surface area contributed by atoms with E-state index in [0.717, 1.165) is 28.2 Å². The SMILES string of the molecule is CCCCCCc1c(-c2ccc([Si](C)(C)C)s2)sc(-c2ccc([Si](C)(C)C)s2)c1F. The minimum Gasteiger partial charge on any atom is -0.205 e. The molecule has 0 unspecified atom stereocenters. The Balaban J connectivity index is 2.03. The first-order valence-corrected chi connectivity index (χ1v) is 20.5. The molecule has 3 rings (SSSR count). The fourth-order valence-electron chi connectivity index (χ4n) is 3.48. The Kier molecular flexibility index (Phi) is 7.66. The van der Waals surface area contributed by atoms with Gasteiger partial charge in [-0.25, -0.2) is 4.39 Å². The molecule has 0 N–H and O–H groups in total. The minimum absolute atomic E-state index is 0.0402. The monoisotopic (exact) mass is 494 g/mol. The van der Waals surface area contributed by atoms with Gasteiger partial charge in [-0.2, -0.15) is 0 Å². The third kappa shape index (κ3) is 5.44. The van der Waals surface area contributed by atoms with Crippen molar-refractivity contribution in [3.05, 3.63) is 35.6 Å². The lowest BCUT2D eigenvalue weighted by molar-refractivity contribution is 0.603. The van der Waals surface area contributed by atoms with Gasteiger partial charge in [0.2, 0.25) is 0 Å². The van der Waals surface area contributed by atoms with Crippen molar-refractivity contribution in [2.75, 3.05) is 0 Å². The van der Waals surface area contributed by atoms with Crippen LogP contribution >= 0.6 is 34.0 Å². The van der Waals surface area contributed by atoms with E-state index in [4.69, 9.17) is 0 Å². The molecule has 0 aromatic carbocycles. The standard InChI is InChI=1S/C24H35FS3Si2/c1-8-9-10-11-12-17-22(25)24(19-14-16-21(27-19)30(5,6)7)28-23(17)18-13-15-20(26-18)29(2,3)4/h13-16H,8-12H2,1-7H3. The molecule has 3 aromatic rings. The Bertz CT molecular complexity index is 983. The summed E-state index contributed by atoms with van der Waals surface area (Å²) in [7, 11) is -2.73. The minimum atomic E-state index is -1.37. The van der Waals surface area contributed by atoms with Crippen LogP contribution in [0.15, 0.2) is 24.3 Å². The molecule has 164 valence electrons. The van der Waals surface area contributed by atoms with E-state index in [9.17, 15) is 0 Å². The van der Waals surface area contributed by atoms with Crippen molar-refractivity contribution >= 4 is 59.2 Å². The molecule has 0 amide bonds. The lowest BCUT2D eigenvalue weighted by Crippen LogP contribution is -2.34. The van der Waals surface area contributed by atoms with Crippen molar-refractivity contribution in [1.29, 1.82) is 0 Å². The van der Waals surface area contributed by atoms with Gasteiger partial charge >= 0.3 is 0 Å². The van der Waals surface area contributed by atoms with Crippen molar-refractivity contribution in [2.24, 2.45) is 0 Å². The highest BCUT2D eigenvalue weighted by Crippen LogP contribution is 2.44. The summed E-state index contributed by atoms with van der Waals surface area (Å²) in [6.07, 6.45) is 5.55. The summed E-state index contributed by atoms with van der Waals surface area (Å²) in [5, 5.41) is 0. The Morgan fingerprint density at radius 2 is 1.23 bits per heavy atom. The normalized spacial score (nSPS) is 12.7. The summed E-state index contributed by atoms with van der Waals surface area (Å²) in [4.78, 5) is 4.40. The fourth-order valence-corrected chi connectivity index (χ4v) is 10.7. The number of hydrogen-bond donors (Lipinski definition) is 0. The van der Waals surface area contributed by atoms with Crippen LogP contribution in [-0.2, 0) is 6.42 Å². The Morgan fingerprint density at radius 3 is 1.70 bits per heavy atom. The number of thiophene rings is 3. The molecule has 30 heavy (non-hydrogen) atoms. The molecule has 0 aliphatic heterocycles. The first kappa shape index (κ1) is 24.1. The van der Waals surface area contributed by atoms with E-state index < -0.39 is 16.1 Å². The van der Waals surface area contributed by atoms with E-state index in [-0.39, 0.29) is 5.82 Å². The maximum Gasteiger partial charge on any atom is 0.146 e. The van der Waals surface area contributed by atoms with Gasteiger partial charge in [-0.3, -0.25) is 0 Å². The van der Waals surface area contributed by atoms with Gasteiger partial charge in [0.1, 0.15) is 5.82 Å². The highest BCUT2D eigenvalue weighted by atomic mass is 32.1. The first-order valence-electron chi connectivity index (χ1n) is 11.0. The summed E-state index contributed by atoms with van der Waals surface area (Å²) in [5.41, 5.74) is 0.957. The van der Waals surface area contributed by atoms with E-state index in [0.29, 0.717) is 0 Å². The third-order valence-corrected chi connectivity index (χ3v) is 16.3. The molecular weight excluding hydrogens is 460 g/mol. The highest BCUT2D eigenvalue weighted by Gasteiger charge is 2.26. The average Bonchev–Trinajstić information content (AvgIpc) is 3.36. The zero-order valence-corrected chi connectivity index (χ0v) is 23.9. The van der Waals surface area contributed by atoms with Gasteiger partial charge in [-0.05, 0) is 34.0 Å². The third-order valence-electron chi connectivity index (χ3n) is 5.36. The van der Waals surface area contributed by atoms with Crippen LogP contribution in [0.2, 0.25) is 39.3 Å². The Hall–Kier alpha value is -0.536. The Labute approximate surface area is 196 Å². The van der Waals surface area contributed by atoms with Gasteiger partial charge in [0.25, 0.3) is 0 Å². The number of halogens is 1. The molecular formula is C24H35FS3Si2. The van der Waals surface area contributed by atoms with Crippen LogP contribution in [0.1, 0.15) is 38.2 Å².